The molecule has 0 saturated carbocycles. The summed E-state index contributed by atoms with van der Waals surface area (Å²) >= 11 is 0. The van der Waals surface area contributed by atoms with Crippen LogP contribution in [-0.2, 0) is 6.42 Å². The summed E-state index contributed by atoms with van der Waals surface area (Å²) in [5, 5.41) is 9.90. The highest BCUT2D eigenvalue weighted by molar-refractivity contribution is 5.85. The largest absolute Gasteiger partial charge is 0.396 e. The summed E-state index contributed by atoms with van der Waals surface area (Å²) in [7, 11) is 0. The van der Waals surface area contributed by atoms with Crippen molar-refractivity contribution in [1.29, 1.82) is 0 Å². The average Bonchev–Trinajstić information content (AvgIpc) is 2.39. The van der Waals surface area contributed by atoms with E-state index in [1.165, 1.54) is 11.1 Å². The molecular formula is C15H21N3O. The van der Waals surface area contributed by atoms with E-state index < -0.39 is 0 Å². The van der Waals surface area contributed by atoms with Gasteiger partial charge in [0.1, 0.15) is 0 Å². The first-order valence-corrected chi connectivity index (χ1v) is 6.76. The van der Waals surface area contributed by atoms with Gasteiger partial charge in [-0.25, -0.2) is 9.97 Å². The summed E-state index contributed by atoms with van der Waals surface area (Å²) in [5.74, 6) is 0.346. The first-order valence-electron chi connectivity index (χ1n) is 6.76. The molecule has 1 heterocycles. The van der Waals surface area contributed by atoms with Gasteiger partial charge in [-0.1, -0.05) is 18.6 Å². The maximum Gasteiger partial charge on any atom is 0.220 e. The molecule has 0 aliphatic carbocycles. The van der Waals surface area contributed by atoms with Gasteiger partial charge >= 0.3 is 0 Å². The number of aliphatic hydroxyl groups excluding tert-OH is 1. The lowest BCUT2D eigenvalue weighted by Gasteiger charge is -2.10. The molecule has 0 unspecified atom stereocenters. The Morgan fingerprint density at radius 3 is 2.63 bits per heavy atom. The topological polar surface area (TPSA) is 72.0 Å². The van der Waals surface area contributed by atoms with Gasteiger partial charge in [0.05, 0.1) is 11.2 Å². The van der Waals surface area contributed by atoms with Gasteiger partial charge < -0.3 is 10.8 Å². The molecular weight excluding hydrogens is 238 g/mol. The Labute approximate surface area is 113 Å². The molecule has 3 N–H and O–H groups in total. The summed E-state index contributed by atoms with van der Waals surface area (Å²) in [6.45, 7) is 4.40. The molecule has 1 aromatic heterocycles. The third-order valence-corrected chi connectivity index (χ3v) is 3.56. The molecule has 0 spiro atoms. The zero-order chi connectivity index (χ0) is 13.8. The van der Waals surface area contributed by atoms with Gasteiger partial charge in [-0.05, 0) is 44.2 Å². The van der Waals surface area contributed by atoms with Crippen molar-refractivity contribution in [1.82, 2.24) is 9.97 Å². The highest BCUT2D eigenvalue weighted by Crippen LogP contribution is 2.24. The van der Waals surface area contributed by atoms with E-state index in [9.17, 15) is 0 Å². The smallest absolute Gasteiger partial charge is 0.220 e. The fourth-order valence-electron chi connectivity index (χ4n) is 2.29. The van der Waals surface area contributed by atoms with Gasteiger partial charge in [0, 0.05) is 12.0 Å². The Morgan fingerprint density at radius 2 is 1.89 bits per heavy atom. The number of hydrogen-bond donors (Lipinski definition) is 2. The number of aryl methyl sites for hydroxylation is 3. The van der Waals surface area contributed by atoms with Crippen molar-refractivity contribution in [3.63, 3.8) is 0 Å². The standard InChI is InChI=1S/C15H21N3O/c1-10-7-8-12-13(6-4-3-5-9-19)17-15(16)18-14(12)11(10)2/h7-8,19H,3-6,9H2,1-2H3,(H2,16,17,18). The summed E-state index contributed by atoms with van der Waals surface area (Å²) < 4.78 is 0. The van der Waals surface area contributed by atoms with E-state index in [-0.39, 0.29) is 6.61 Å². The van der Waals surface area contributed by atoms with E-state index >= 15 is 0 Å². The maximum absolute atomic E-state index is 8.80. The van der Waals surface area contributed by atoms with Crippen LogP contribution in [0.4, 0.5) is 5.95 Å². The first kappa shape index (κ1) is 13.7. The van der Waals surface area contributed by atoms with Crippen LogP contribution in [0.3, 0.4) is 0 Å². The van der Waals surface area contributed by atoms with E-state index in [4.69, 9.17) is 10.8 Å². The van der Waals surface area contributed by atoms with E-state index in [0.29, 0.717) is 5.95 Å². The molecule has 0 fully saturated rings. The van der Waals surface area contributed by atoms with Gasteiger partial charge in [-0.2, -0.15) is 0 Å². The summed E-state index contributed by atoms with van der Waals surface area (Å²) in [6, 6.07) is 4.19. The van der Waals surface area contributed by atoms with Gasteiger partial charge in [0.2, 0.25) is 5.95 Å². The Morgan fingerprint density at radius 1 is 1.11 bits per heavy atom. The second-order valence-electron chi connectivity index (χ2n) is 4.97. The molecule has 102 valence electrons. The number of unbranched alkanes of at least 4 members (excludes halogenated alkanes) is 2. The molecule has 2 aromatic rings. The molecule has 19 heavy (non-hydrogen) atoms. The SMILES string of the molecule is Cc1ccc2c(CCCCCO)nc(N)nc2c1C. The van der Waals surface area contributed by atoms with Crippen LogP contribution in [0.2, 0.25) is 0 Å². The van der Waals surface area contributed by atoms with E-state index in [0.717, 1.165) is 42.3 Å². The number of hydrogen-bond acceptors (Lipinski definition) is 4. The lowest BCUT2D eigenvalue weighted by molar-refractivity contribution is 0.283. The molecule has 0 amide bonds. The van der Waals surface area contributed by atoms with Gasteiger partial charge in [0.15, 0.2) is 0 Å². The van der Waals surface area contributed by atoms with Crippen LogP contribution >= 0.6 is 0 Å². The average molecular weight is 259 g/mol. The van der Waals surface area contributed by atoms with E-state index in [1.54, 1.807) is 0 Å². The van der Waals surface area contributed by atoms with Crippen molar-refractivity contribution < 1.29 is 5.11 Å². The van der Waals surface area contributed by atoms with Crippen LogP contribution in [0.15, 0.2) is 12.1 Å². The van der Waals surface area contributed by atoms with Crippen molar-refractivity contribution in [2.24, 2.45) is 0 Å². The zero-order valence-electron chi connectivity index (χ0n) is 11.6. The third kappa shape index (κ3) is 3.01. The van der Waals surface area contributed by atoms with Gasteiger partial charge in [0.25, 0.3) is 0 Å². The number of nitrogens with zero attached hydrogens (tertiary/aromatic N) is 2. The normalized spacial score (nSPS) is 11.1. The molecule has 0 aliphatic heterocycles. The number of benzene rings is 1. The molecule has 4 nitrogen and oxygen atoms in total. The minimum Gasteiger partial charge on any atom is -0.396 e. The monoisotopic (exact) mass is 259 g/mol. The van der Waals surface area contributed by atoms with Crippen LogP contribution in [0, 0.1) is 13.8 Å². The van der Waals surface area contributed by atoms with Crippen molar-refractivity contribution >= 4 is 16.9 Å². The van der Waals surface area contributed by atoms with Crippen LogP contribution in [0.25, 0.3) is 10.9 Å². The minimum absolute atomic E-state index is 0.255. The molecule has 0 bridgehead atoms. The highest BCUT2D eigenvalue weighted by Gasteiger charge is 2.09. The summed E-state index contributed by atoms with van der Waals surface area (Å²) in [6.07, 6.45) is 3.74. The number of nitrogens with two attached hydrogens (primary N) is 1. The van der Waals surface area contributed by atoms with Crippen molar-refractivity contribution in [3.8, 4) is 0 Å². The summed E-state index contributed by atoms with van der Waals surface area (Å²) in [5.41, 5.74) is 10.2. The molecule has 0 aliphatic rings. The van der Waals surface area contributed by atoms with Crippen molar-refractivity contribution in [3.05, 3.63) is 29.0 Å². The minimum atomic E-state index is 0.255. The predicted octanol–water partition coefficient (Wildman–Crippen LogP) is 2.53. The Kier molecular flexibility index (Phi) is 4.32. The van der Waals surface area contributed by atoms with Gasteiger partial charge in [-0.15, -0.1) is 0 Å². The van der Waals surface area contributed by atoms with E-state index in [2.05, 4.69) is 35.9 Å². The van der Waals surface area contributed by atoms with Crippen molar-refractivity contribution in [2.45, 2.75) is 39.5 Å². The quantitative estimate of drug-likeness (QED) is 0.809. The van der Waals surface area contributed by atoms with Crippen LogP contribution in [-0.4, -0.2) is 21.7 Å². The number of anilines is 1. The van der Waals surface area contributed by atoms with Crippen molar-refractivity contribution in [2.75, 3.05) is 12.3 Å². The molecule has 0 atom stereocenters. The van der Waals surface area contributed by atoms with Gasteiger partial charge in [-0.3, -0.25) is 0 Å². The number of aromatic nitrogens is 2. The molecule has 4 heteroatoms. The molecule has 1 aromatic carbocycles. The van der Waals surface area contributed by atoms with Crippen LogP contribution in [0.1, 0.15) is 36.1 Å². The number of fused-ring (bicyclic) bond motifs is 1. The Balaban J connectivity index is 2.35. The van der Waals surface area contributed by atoms with Crippen LogP contribution in [0.5, 0.6) is 0 Å². The molecule has 2 rings (SSSR count). The summed E-state index contributed by atoms with van der Waals surface area (Å²) in [4.78, 5) is 8.74. The number of rotatable bonds is 5. The third-order valence-electron chi connectivity index (χ3n) is 3.56. The second-order valence-corrected chi connectivity index (χ2v) is 4.97. The lowest BCUT2D eigenvalue weighted by Crippen LogP contribution is -2.03. The zero-order valence-corrected chi connectivity index (χ0v) is 11.6. The Bertz CT molecular complexity index is 581. The fraction of sp³-hybridized carbons (Fsp3) is 0.467. The lowest BCUT2D eigenvalue weighted by atomic mass is 10.0. The fourth-order valence-corrected chi connectivity index (χ4v) is 2.29. The van der Waals surface area contributed by atoms with Crippen LogP contribution < -0.4 is 5.73 Å². The predicted molar refractivity (Wildman–Crippen MR) is 78.1 cm³/mol. The number of aliphatic hydroxyl groups is 1. The van der Waals surface area contributed by atoms with E-state index in [1.807, 2.05) is 0 Å². The highest BCUT2D eigenvalue weighted by atomic mass is 16.2. The first-order chi connectivity index (χ1) is 9.13. The molecule has 0 radical (unpaired) electrons. The number of nitrogen functional groups attached to an aromatic ring is 1. The molecule has 0 saturated heterocycles. The maximum atomic E-state index is 8.80. The Hall–Kier alpha value is -1.68. The second kappa shape index (κ2) is 5.97.